The highest BCUT2D eigenvalue weighted by molar-refractivity contribution is 7.82. The fraction of sp³-hybridized carbons (Fsp3) is 0.600. The maximum absolute atomic E-state index is 10.5. The molecule has 3 saturated heterocycles. The second-order valence-corrected chi connectivity index (χ2v) is 6.95. The number of piperidine rings is 3. The van der Waals surface area contributed by atoms with Gasteiger partial charge in [0.25, 0.3) is 0 Å². The predicted molar refractivity (Wildman–Crippen MR) is 104 cm³/mol. The average Bonchev–Trinajstić information content (AvgIpc) is 2.47. The highest BCUT2D eigenvalue weighted by Crippen LogP contribution is 2.04. The smallest absolute Gasteiger partial charge is 0.226 e. The van der Waals surface area contributed by atoms with Crippen LogP contribution < -0.4 is 16.0 Å². The molecule has 9 heteroatoms. The van der Waals surface area contributed by atoms with E-state index in [0.29, 0.717) is 30.7 Å². The maximum Gasteiger partial charge on any atom is 0.226 e. The second kappa shape index (κ2) is 11.3. The minimum atomic E-state index is -0.138. The van der Waals surface area contributed by atoms with E-state index in [1.54, 1.807) is 0 Å². The van der Waals surface area contributed by atoms with Gasteiger partial charge in [-0.3, -0.25) is 19.7 Å². The molecule has 3 amide bonds. The van der Waals surface area contributed by atoms with E-state index in [1.807, 2.05) is 0 Å². The Bertz CT molecular complexity index is 431. The van der Waals surface area contributed by atoms with Crippen LogP contribution in [-0.2, 0) is 14.4 Å². The van der Waals surface area contributed by atoms with Gasteiger partial charge in [-0.2, -0.15) is 0 Å². The molecule has 0 atom stereocenters. The topological polar surface area (TPSA) is 87.3 Å². The summed E-state index contributed by atoms with van der Waals surface area (Å²) < 4.78 is 0. The molecular weight excluding hydrogens is 366 g/mol. The summed E-state index contributed by atoms with van der Waals surface area (Å²) in [4.78, 5) is 33.7. The fourth-order valence-corrected chi connectivity index (χ4v) is 2.93. The van der Waals surface area contributed by atoms with Crippen LogP contribution in [0.2, 0.25) is 0 Å². The van der Waals surface area contributed by atoms with Crippen LogP contribution in [0.25, 0.3) is 0 Å². The van der Waals surface area contributed by atoms with E-state index in [4.69, 9.17) is 36.7 Å². The zero-order chi connectivity index (χ0) is 17.9. The van der Waals surface area contributed by atoms with Gasteiger partial charge in [-0.05, 0) is 38.5 Å². The first-order chi connectivity index (χ1) is 11.4. The number of imide groups is 1. The van der Waals surface area contributed by atoms with Gasteiger partial charge in [0.05, 0.1) is 15.0 Å². The Balaban J connectivity index is 0.000000180. The molecule has 0 unspecified atom stereocenters. The molecule has 0 aliphatic carbocycles. The van der Waals surface area contributed by atoms with Gasteiger partial charge in [0.2, 0.25) is 17.7 Å². The Morgan fingerprint density at radius 2 is 0.833 bits per heavy atom. The van der Waals surface area contributed by atoms with Gasteiger partial charge in [0.1, 0.15) is 0 Å². The minimum absolute atomic E-state index is 0.0706. The van der Waals surface area contributed by atoms with Crippen LogP contribution in [0.5, 0.6) is 0 Å². The summed E-state index contributed by atoms with van der Waals surface area (Å²) in [5.74, 6) is -0.205. The molecule has 0 saturated carbocycles. The van der Waals surface area contributed by atoms with Crippen LogP contribution >= 0.6 is 36.7 Å². The highest BCUT2D eigenvalue weighted by Gasteiger charge is 2.13. The quantitative estimate of drug-likeness (QED) is 0.432. The number of carbonyl (C=O) groups is 3. The van der Waals surface area contributed by atoms with Gasteiger partial charge in [-0.15, -0.1) is 0 Å². The van der Waals surface area contributed by atoms with Crippen LogP contribution in [0.1, 0.15) is 57.8 Å². The standard InChI is InChI=1S/C5H7NO2.C5H7NOS.C5H7NS2/c3*7-4-2-1-3-5(8)6-4/h3*1-3H2,(H,6,7,8). The number of hydrogen-bond acceptors (Lipinski definition) is 6. The number of nitrogens with one attached hydrogen (secondary N) is 3. The van der Waals surface area contributed by atoms with Crippen molar-refractivity contribution in [1.29, 1.82) is 0 Å². The van der Waals surface area contributed by atoms with Crippen molar-refractivity contribution in [1.82, 2.24) is 16.0 Å². The first kappa shape index (κ1) is 20.7. The molecule has 3 aliphatic rings. The molecule has 3 N–H and O–H groups in total. The van der Waals surface area contributed by atoms with E-state index in [9.17, 15) is 14.4 Å². The fourth-order valence-electron chi connectivity index (χ4n) is 2.07. The lowest BCUT2D eigenvalue weighted by molar-refractivity contribution is -0.133. The van der Waals surface area contributed by atoms with Crippen molar-refractivity contribution in [3.05, 3.63) is 0 Å². The van der Waals surface area contributed by atoms with Crippen LogP contribution in [0, 0.1) is 0 Å². The van der Waals surface area contributed by atoms with Gasteiger partial charge in [-0.1, -0.05) is 36.7 Å². The summed E-state index contributed by atoms with van der Waals surface area (Å²) in [5.41, 5.74) is 0. The molecule has 0 bridgehead atoms. The molecule has 0 spiro atoms. The lowest BCUT2D eigenvalue weighted by Gasteiger charge is -2.13. The normalized spacial score (nSPS) is 20.5. The van der Waals surface area contributed by atoms with E-state index in [2.05, 4.69) is 16.0 Å². The summed E-state index contributed by atoms with van der Waals surface area (Å²) in [5, 5.41) is 7.72. The molecular formula is C15H21N3O3S3. The molecule has 132 valence electrons. The molecule has 3 heterocycles. The van der Waals surface area contributed by atoms with Crippen molar-refractivity contribution in [3.63, 3.8) is 0 Å². The van der Waals surface area contributed by atoms with Crippen molar-refractivity contribution >= 4 is 69.3 Å². The van der Waals surface area contributed by atoms with Crippen LogP contribution in [0.4, 0.5) is 0 Å². The maximum atomic E-state index is 10.5. The van der Waals surface area contributed by atoms with Crippen LogP contribution in [0.15, 0.2) is 0 Å². The van der Waals surface area contributed by atoms with Crippen molar-refractivity contribution in [2.45, 2.75) is 57.8 Å². The zero-order valence-corrected chi connectivity index (χ0v) is 15.8. The summed E-state index contributed by atoms with van der Waals surface area (Å²) in [6.07, 6.45) is 7.31. The van der Waals surface area contributed by atoms with Crippen molar-refractivity contribution in [3.8, 4) is 0 Å². The van der Waals surface area contributed by atoms with Gasteiger partial charge in [-0.25, -0.2) is 0 Å². The summed E-state index contributed by atoms with van der Waals surface area (Å²) in [7, 11) is 0. The number of carbonyl (C=O) groups excluding carboxylic acids is 3. The summed E-state index contributed by atoms with van der Waals surface area (Å²) in [6, 6.07) is 0. The van der Waals surface area contributed by atoms with Gasteiger partial charge >= 0.3 is 0 Å². The predicted octanol–water partition coefficient (Wildman–Crippen LogP) is 1.84. The number of hydrogen-bond donors (Lipinski definition) is 3. The number of rotatable bonds is 0. The average molecular weight is 388 g/mol. The zero-order valence-electron chi connectivity index (χ0n) is 13.3. The van der Waals surface area contributed by atoms with Gasteiger partial charge in [0.15, 0.2) is 0 Å². The summed E-state index contributed by atoms with van der Waals surface area (Å²) in [6.45, 7) is 0. The third kappa shape index (κ3) is 9.74. The Hall–Kier alpha value is -1.32. The summed E-state index contributed by atoms with van der Waals surface area (Å²) >= 11 is 14.5. The van der Waals surface area contributed by atoms with Crippen molar-refractivity contribution < 1.29 is 14.4 Å². The second-order valence-electron chi connectivity index (χ2n) is 5.47. The highest BCUT2D eigenvalue weighted by atomic mass is 32.1. The molecule has 6 nitrogen and oxygen atoms in total. The minimum Gasteiger partial charge on any atom is -0.345 e. The SMILES string of the molecule is O=C1CCCC(=O)N1.O=C1CCCC(=S)N1.S=C1CCCC(=S)N1. The Morgan fingerprint density at radius 1 is 0.500 bits per heavy atom. The molecule has 3 fully saturated rings. The first-order valence-corrected chi connectivity index (χ1v) is 9.07. The molecule has 3 aliphatic heterocycles. The molecule has 0 aromatic rings. The van der Waals surface area contributed by atoms with Gasteiger partial charge < -0.3 is 10.6 Å². The number of amides is 3. The third-order valence-corrected chi connectivity index (χ3v) is 4.18. The third-order valence-electron chi connectivity index (χ3n) is 3.26. The Kier molecular flexibility index (Phi) is 9.73. The van der Waals surface area contributed by atoms with Crippen LogP contribution in [0.3, 0.4) is 0 Å². The van der Waals surface area contributed by atoms with Crippen molar-refractivity contribution in [2.24, 2.45) is 0 Å². The number of thiocarbonyl (C=S) groups is 3. The molecule has 3 rings (SSSR count). The lowest BCUT2D eigenvalue weighted by Crippen LogP contribution is -2.33. The van der Waals surface area contributed by atoms with E-state index in [1.165, 1.54) is 0 Å². The van der Waals surface area contributed by atoms with E-state index in [0.717, 1.165) is 42.1 Å². The largest absolute Gasteiger partial charge is 0.345 e. The molecule has 0 aromatic heterocycles. The lowest BCUT2D eigenvalue weighted by atomic mass is 10.1. The van der Waals surface area contributed by atoms with Gasteiger partial charge in [0, 0.05) is 19.3 Å². The van der Waals surface area contributed by atoms with Crippen molar-refractivity contribution in [2.75, 3.05) is 0 Å². The molecule has 24 heavy (non-hydrogen) atoms. The molecule has 0 radical (unpaired) electrons. The Labute approximate surface area is 157 Å². The van der Waals surface area contributed by atoms with Crippen LogP contribution in [-0.4, -0.2) is 32.7 Å². The Morgan fingerprint density at radius 3 is 1.04 bits per heavy atom. The molecule has 0 aromatic carbocycles. The van der Waals surface area contributed by atoms with E-state index >= 15 is 0 Å². The monoisotopic (exact) mass is 387 g/mol. The van der Waals surface area contributed by atoms with E-state index < -0.39 is 0 Å². The first-order valence-electron chi connectivity index (χ1n) is 7.85. The van der Waals surface area contributed by atoms with E-state index in [-0.39, 0.29) is 17.7 Å².